The fraction of sp³-hybridized carbons (Fsp3) is 0.625. The van der Waals surface area contributed by atoms with Gasteiger partial charge < -0.3 is 15.0 Å². The third kappa shape index (κ3) is 6.29. The molecule has 7 heteroatoms. The van der Waals surface area contributed by atoms with Crippen molar-refractivity contribution in [2.75, 3.05) is 38.2 Å². The van der Waals surface area contributed by atoms with E-state index in [1.807, 2.05) is 26.0 Å². The van der Waals surface area contributed by atoms with E-state index in [0.29, 0.717) is 19.4 Å². The Bertz CT molecular complexity index is 801. The zero-order valence-corrected chi connectivity index (χ0v) is 19.0. The maximum Gasteiger partial charge on any atom is 0.264 e. The molecule has 1 aromatic rings. The standard InChI is InChI=1S/C24H35N3O4/c1-24(2)15-21(28)27(22(29)16-24)13-7-6-12-25-11-5-4-8-18-9-10-19-20(14-18)31-17-23(30)26(19)3/h9-10,14,25H,4-8,11-13,15-17H2,1-3H3. The highest BCUT2D eigenvalue weighted by molar-refractivity contribution is 5.98. The minimum atomic E-state index is -0.201. The number of nitrogens with zero attached hydrogens (tertiary/aromatic N) is 2. The van der Waals surface area contributed by atoms with E-state index in [0.717, 1.165) is 56.6 Å². The second kappa shape index (κ2) is 10.3. The quantitative estimate of drug-likeness (QED) is 0.457. The summed E-state index contributed by atoms with van der Waals surface area (Å²) in [6.45, 7) is 6.45. The predicted octanol–water partition coefficient (Wildman–Crippen LogP) is 2.91. The first-order valence-corrected chi connectivity index (χ1v) is 11.3. The van der Waals surface area contributed by atoms with Crippen LogP contribution in [0.25, 0.3) is 0 Å². The maximum atomic E-state index is 12.1. The van der Waals surface area contributed by atoms with Crippen molar-refractivity contribution in [1.29, 1.82) is 0 Å². The van der Waals surface area contributed by atoms with Crippen LogP contribution in [0.5, 0.6) is 5.75 Å². The summed E-state index contributed by atoms with van der Waals surface area (Å²) in [6, 6.07) is 6.06. The zero-order chi connectivity index (χ0) is 22.4. The van der Waals surface area contributed by atoms with Crippen LogP contribution in [0, 0.1) is 5.41 Å². The number of unbranched alkanes of at least 4 members (excludes halogenated alkanes) is 2. The van der Waals surface area contributed by atoms with Crippen molar-refractivity contribution in [2.24, 2.45) is 5.41 Å². The number of carbonyl (C=O) groups is 3. The molecular formula is C24H35N3O4. The first-order valence-electron chi connectivity index (χ1n) is 11.3. The lowest BCUT2D eigenvalue weighted by Crippen LogP contribution is -2.46. The smallest absolute Gasteiger partial charge is 0.264 e. The molecule has 3 amide bonds. The molecule has 0 atom stereocenters. The highest BCUT2D eigenvalue weighted by Gasteiger charge is 2.36. The van der Waals surface area contributed by atoms with E-state index in [9.17, 15) is 14.4 Å². The van der Waals surface area contributed by atoms with Gasteiger partial charge >= 0.3 is 0 Å². The molecule has 1 fully saturated rings. The van der Waals surface area contributed by atoms with E-state index in [-0.39, 0.29) is 29.7 Å². The minimum Gasteiger partial charge on any atom is -0.482 e. The molecule has 0 spiro atoms. The molecule has 31 heavy (non-hydrogen) atoms. The van der Waals surface area contributed by atoms with Gasteiger partial charge in [0.15, 0.2) is 6.61 Å². The molecule has 1 aromatic carbocycles. The van der Waals surface area contributed by atoms with E-state index in [4.69, 9.17) is 4.74 Å². The molecule has 2 heterocycles. The van der Waals surface area contributed by atoms with Crippen LogP contribution in [-0.4, -0.2) is 55.9 Å². The average molecular weight is 430 g/mol. The third-order valence-electron chi connectivity index (χ3n) is 6.03. The predicted molar refractivity (Wildman–Crippen MR) is 120 cm³/mol. The summed E-state index contributed by atoms with van der Waals surface area (Å²) in [5.74, 6) is 0.705. The van der Waals surface area contributed by atoms with Gasteiger partial charge in [-0.3, -0.25) is 19.3 Å². The van der Waals surface area contributed by atoms with Gasteiger partial charge in [0.25, 0.3) is 5.91 Å². The molecule has 2 aliphatic rings. The Labute approximate surface area is 185 Å². The summed E-state index contributed by atoms with van der Waals surface area (Å²) in [5.41, 5.74) is 1.85. The van der Waals surface area contributed by atoms with Gasteiger partial charge in [-0.05, 0) is 68.3 Å². The molecule has 1 N–H and O–H groups in total. The summed E-state index contributed by atoms with van der Waals surface area (Å²) >= 11 is 0. The molecular weight excluding hydrogens is 394 g/mol. The van der Waals surface area contributed by atoms with Crippen LogP contribution in [0.2, 0.25) is 0 Å². The number of rotatable bonds is 10. The van der Waals surface area contributed by atoms with Crippen molar-refractivity contribution in [3.8, 4) is 5.75 Å². The van der Waals surface area contributed by atoms with E-state index < -0.39 is 0 Å². The number of anilines is 1. The maximum absolute atomic E-state index is 12.1. The number of benzene rings is 1. The molecule has 2 aliphatic heterocycles. The number of aryl methyl sites for hydroxylation is 1. The number of piperidine rings is 1. The molecule has 0 bridgehead atoms. The van der Waals surface area contributed by atoms with Gasteiger partial charge in [-0.2, -0.15) is 0 Å². The Morgan fingerprint density at radius 1 is 0.968 bits per heavy atom. The summed E-state index contributed by atoms with van der Waals surface area (Å²) in [4.78, 5) is 39.1. The first kappa shape index (κ1) is 23.3. The van der Waals surface area contributed by atoms with Crippen molar-refractivity contribution in [3.05, 3.63) is 23.8 Å². The van der Waals surface area contributed by atoms with E-state index >= 15 is 0 Å². The van der Waals surface area contributed by atoms with Gasteiger partial charge in [-0.25, -0.2) is 0 Å². The van der Waals surface area contributed by atoms with Crippen molar-refractivity contribution >= 4 is 23.4 Å². The Kier molecular flexibility index (Phi) is 7.70. The van der Waals surface area contributed by atoms with Gasteiger partial charge in [0, 0.05) is 26.4 Å². The van der Waals surface area contributed by atoms with Crippen molar-refractivity contribution in [2.45, 2.75) is 58.8 Å². The van der Waals surface area contributed by atoms with Crippen LogP contribution in [0.3, 0.4) is 0 Å². The Morgan fingerprint density at radius 3 is 2.35 bits per heavy atom. The number of imide groups is 1. The van der Waals surface area contributed by atoms with Crippen LogP contribution < -0.4 is 15.0 Å². The largest absolute Gasteiger partial charge is 0.482 e. The highest BCUT2D eigenvalue weighted by atomic mass is 16.5. The summed E-state index contributed by atoms with van der Waals surface area (Å²) in [7, 11) is 1.78. The lowest BCUT2D eigenvalue weighted by atomic mass is 9.82. The second-order valence-corrected chi connectivity index (χ2v) is 9.41. The van der Waals surface area contributed by atoms with Crippen LogP contribution >= 0.6 is 0 Å². The van der Waals surface area contributed by atoms with Gasteiger partial charge in [0.05, 0.1) is 5.69 Å². The molecule has 0 unspecified atom stereocenters. The van der Waals surface area contributed by atoms with Crippen molar-refractivity contribution < 1.29 is 19.1 Å². The van der Waals surface area contributed by atoms with Gasteiger partial charge in [-0.1, -0.05) is 19.9 Å². The number of amides is 3. The topological polar surface area (TPSA) is 79.0 Å². The van der Waals surface area contributed by atoms with E-state index in [2.05, 4.69) is 11.4 Å². The number of likely N-dealkylation sites (tertiary alicyclic amines) is 1. The van der Waals surface area contributed by atoms with E-state index in [1.165, 1.54) is 10.5 Å². The SMILES string of the molecule is CN1C(=O)COc2cc(CCCCNCCCCN3C(=O)CC(C)(C)CC3=O)ccc21. The third-order valence-corrected chi connectivity index (χ3v) is 6.03. The minimum absolute atomic E-state index is 0.0237. The molecule has 0 aliphatic carbocycles. The number of likely N-dealkylation sites (N-methyl/N-ethyl adjacent to an activating group) is 1. The Balaban J connectivity index is 1.25. The fourth-order valence-electron chi connectivity index (χ4n) is 4.16. The van der Waals surface area contributed by atoms with Crippen LogP contribution in [-0.2, 0) is 20.8 Å². The normalized spacial score (nSPS) is 18.2. The molecule has 7 nitrogen and oxygen atoms in total. The Hall–Kier alpha value is -2.41. The average Bonchev–Trinajstić information content (AvgIpc) is 2.70. The Morgan fingerprint density at radius 2 is 1.65 bits per heavy atom. The summed E-state index contributed by atoms with van der Waals surface area (Å²) in [6.07, 6.45) is 5.85. The van der Waals surface area contributed by atoms with Crippen molar-refractivity contribution in [1.82, 2.24) is 10.2 Å². The van der Waals surface area contributed by atoms with Crippen LogP contribution in [0.15, 0.2) is 18.2 Å². The van der Waals surface area contributed by atoms with Crippen LogP contribution in [0.4, 0.5) is 5.69 Å². The number of nitrogens with one attached hydrogen (secondary N) is 1. The number of carbonyl (C=O) groups excluding carboxylic acids is 3. The molecule has 0 saturated carbocycles. The number of hydrogen-bond acceptors (Lipinski definition) is 5. The zero-order valence-electron chi connectivity index (χ0n) is 19.0. The molecule has 170 valence electrons. The fourth-order valence-corrected chi connectivity index (χ4v) is 4.16. The van der Waals surface area contributed by atoms with E-state index in [1.54, 1.807) is 11.9 Å². The monoisotopic (exact) mass is 429 g/mol. The lowest BCUT2D eigenvalue weighted by Gasteiger charge is -2.34. The van der Waals surface area contributed by atoms with Crippen LogP contribution in [0.1, 0.15) is 57.9 Å². The van der Waals surface area contributed by atoms with Gasteiger partial charge in [0.2, 0.25) is 11.8 Å². The first-order chi connectivity index (χ1) is 14.8. The summed E-state index contributed by atoms with van der Waals surface area (Å²) in [5, 5.41) is 3.45. The summed E-state index contributed by atoms with van der Waals surface area (Å²) < 4.78 is 5.55. The van der Waals surface area contributed by atoms with Crippen molar-refractivity contribution in [3.63, 3.8) is 0 Å². The number of ether oxygens (including phenoxy) is 1. The molecule has 3 rings (SSSR count). The molecule has 0 radical (unpaired) electrons. The second-order valence-electron chi connectivity index (χ2n) is 9.41. The molecule has 1 saturated heterocycles. The molecule has 0 aromatic heterocycles. The van der Waals surface area contributed by atoms with Gasteiger partial charge in [0.1, 0.15) is 5.75 Å². The number of hydrogen-bond donors (Lipinski definition) is 1. The highest BCUT2D eigenvalue weighted by Crippen LogP contribution is 2.32. The van der Waals surface area contributed by atoms with Gasteiger partial charge in [-0.15, -0.1) is 0 Å². The number of fused-ring (bicyclic) bond motifs is 1. The lowest BCUT2D eigenvalue weighted by molar-refractivity contribution is -0.152.